The third kappa shape index (κ3) is 13.7. The summed E-state index contributed by atoms with van der Waals surface area (Å²) >= 11 is 10.4. The van der Waals surface area contributed by atoms with Crippen molar-refractivity contribution in [2.45, 2.75) is 38.6 Å². The van der Waals surface area contributed by atoms with Crippen LogP contribution in [0.3, 0.4) is 0 Å². The topological polar surface area (TPSA) is 171 Å². The van der Waals surface area contributed by atoms with Crippen molar-refractivity contribution >= 4 is 91.3 Å². The van der Waals surface area contributed by atoms with E-state index in [1.165, 1.54) is 21.0 Å². The van der Waals surface area contributed by atoms with Crippen molar-refractivity contribution in [2.75, 3.05) is 37.6 Å². The second-order valence-electron chi connectivity index (χ2n) is 12.1. The largest absolute Gasteiger partial charge is 0.394 e. The molecule has 0 saturated heterocycles. The lowest BCUT2D eigenvalue weighted by molar-refractivity contribution is -0.144. The summed E-state index contributed by atoms with van der Waals surface area (Å²) in [5.74, 6) is -6.31. The number of methoxy groups -OCH3 is 1. The number of hydrogen-bond donors (Lipinski definition) is 7. The third-order valence-corrected chi connectivity index (χ3v) is 9.10. The Hall–Kier alpha value is -3.35. The number of aryl methyl sites for hydroxylation is 1. The number of rotatable bonds is 15. The van der Waals surface area contributed by atoms with Gasteiger partial charge < -0.3 is 30.7 Å². The van der Waals surface area contributed by atoms with E-state index in [1.807, 2.05) is 19.1 Å². The zero-order chi connectivity index (χ0) is 41.0. The number of ether oxygens (including phenoxy) is 1. The Labute approximate surface area is 346 Å². The molecule has 2 unspecified atom stereocenters. The molecule has 0 radical (unpaired) electrons. The van der Waals surface area contributed by atoms with Crippen molar-refractivity contribution < 1.29 is 56.9 Å². The van der Waals surface area contributed by atoms with Gasteiger partial charge in [0.05, 0.1) is 46.4 Å². The predicted molar refractivity (Wildman–Crippen MR) is 214 cm³/mol. The minimum absolute atomic E-state index is 0.00412. The van der Waals surface area contributed by atoms with Gasteiger partial charge in [-0.3, -0.25) is 19.3 Å². The molecule has 2 amide bonds. The number of anilines is 4. The van der Waals surface area contributed by atoms with E-state index in [0.29, 0.717) is 16.4 Å². The second kappa shape index (κ2) is 21.3. The summed E-state index contributed by atoms with van der Waals surface area (Å²) < 4.78 is 61.4. The van der Waals surface area contributed by atoms with Gasteiger partial charge in [-0.25, -0.2) is 28.5 Å². The average Bonchev–Trinajstić information content (AvgIpc) is 3.12. The maximum absolute atomic E-state index is 13.8. The van der Waals surface area contributed by atoms with Crippen LogP contribution in [0, 0.1) is 37.3 Å². The van der Waals surface area contributed by atoms with E-state index in [-0.39, 0.29) is 35.7 Å². The van der Waals surface area contributed by atoms with Crippen LogP contribution in [0.4, 0.5) is 40.3 Å². The van der Waals surface area contributed by atoms with Crippen molar-refractivity contribution in [1.29, 1.82) is 0 Å². The molecule has 0 spiro atoms. The number of benzene rings is 4. The predicted octanol–water partition coefficient (Wildman–Crippen LogP) is 7.05. The Morgan fingerprint density at radius 2 is 1.25 bits per heavy atom. The van der Waals surface area contributed by atoms with Crippen LogP contribution in [0.15, 0.2) is 60.7 Å². The monoisotopic (exact) mass is 1020 g/mol. The van der Waals surface area contributed by atoms with E-state index in [0.717, 1.165) is 37.0 Å². The molecular formula is C36H37ClF4I2N4O8. The number of hydrogen-bond acceptors (Lipinski definition) is 10. The van der Waals surface area contributed by atoms with E-state index < -0.39 is 59.5 Å². The van der Waals surface area contributed by atoms with Gasteiger partial charge >= 0.3 is 0 Å². The minimum atomic E-state index is -1.30. The van der Waals surface area contributed by atoms with E-state index >= 15 is 0 Å². The zero-order valence-electron chi connectivity index (χ0n) is 29.6. The Balaban J connectivity index is 0.000000296. The lowest BCUT2D eigenvalue weighted by Gasteiger charge is -2.28. The Morgan fingerprint density at radius 1 is 0.764 bits per heavy atom. The molecular weight excluding hydrogens is 982 g/mol. The molecule has 298 valence electrons. The van der Waals surface area contributed by atoms with Gasteiger partial charge in [-0.1, -0.05) is 11.6 Å². The third-order valence-electron chi connectivity index (χ3n) is 7.45. The molecule has 0 aliphatic carbocycles. The Bertz CT molecular complexity index is 1980. The summed E-state index contributed by atoms with van der Waals surface area (Å²) in [5, 5.41) is 34.3. The van der Waals surface area contributed by atoms with Gasteiger partial charge in [0.2, 0.25) is 0 Å². The number of aliphatic hydroxyl groups excluding tert-OH is 3. The van der Waals surface area contributed by atoms with Crippen LogP contribution in [-0.2, 0) is 14.4 Å². The molecule has 0 heterocycles. The Kier molecular flexibility index (Phi) is 17.8. The van der Waals surface area contributed by atoms with Crippen LogP contribution in [0.25, 0.3) is 0 Å². The van der Waals surface area contributed by atoms with E-state index in [2.05, 4.69) is 66.8 Å². The number of aliphatic hydroxyl groups is 3. The number of hydroxylamine groups is 2. The molecule has 0 aliphatic heterocycles. The average molecular weight is 1020 g/mol. The van der Waals surface area contributed by atoms with Crippen LogP contribution in [-0.4, -0.2) is 71.9 Å². The van der Waals surface area contributed by atoms with E-state index in [9.17, 15) is 37.4 Å². The molecule has 0 aliphatic rings. The fourth-order valence-corrected chi connectivity index (χ4v) is 5.89. The summed E-state index contributed by atoms with van der Waals surface area (Å²) in [6, 6.07) is 13.8. The summed E-state index contributed by atoms with van der Waals surface area (Å²) in [5.41, 5.74) is 4.41. The molecule has 0 bridgehead atoms. The van der Waals surface area contributed by atoms with Crippen molar-refractivity contribution in [1.82, 2.24) is 11.0 Å². The van der Waals surface area contributed by atoms with Gasteiger partial charge in [-0.15, -0.1) is 0 Å². The van der Waals surface area contributed by atoms with Crippen molar-refractivity contribution in [2.24, 2.45) is 0 Å². The molecule has 7 N–H and O–H groups in total. The van der Waals surface area contributed by atoms with Gasteiger partial charge in [0.1, 0.15) is 24.4 Å². The first-order valence-electron chi connectivity index (χ1n) is 16.0. The molecule has 12 nitrogen and oxygen atoms in total. The fraction of sp³-hybridized carbons (Fsp3) is 0.278. The molecule has 55 heavy (non-hydrogen) atoms. The van der Waals surface area contributed by atoms with Crippen molar-refractivity contribution in [3.63, 3.8) is 0 Å². The standard InChI is InChI=1S/C19H21F2IN2O4.C17H16ClF2IN2O4/c1-10-6-11(22)4-5-15(10)23-16-8-14(21)13(20)7-12(16)18(27)24-28-19(2,3)17(26)9-25;1-26-7-10(24)8-27-23-17(25)11-5-13(19)14(20)6-16(11)22-15-3-2-9(21)4-12(15)18/h4-8,17,23,25-26H,9H2,1-3H3,(H,24,27);2-6,10,22,24H,7-8H2,1H3,(H,23,25). The number of halogens is 7. The van der Waals surface area contributed by atoms with Crippen molar-refractivity contribution in [3.05, 3.63) is 113 Å². The highest BCUT2D eigenvalue weighted by Crippen LogP contribution is 2.31. The molecule has 4 rings (SSSR count). The highest BCUT2D eigenvalue weighted by Gasteiger charge is 2.30. The first-order valence-corrected chi connectivity index (χ1v) is 18.5. The Morgan fingerprint density at radius 3 is 1.76 bits per heavy atom. The quantitative estimate of drug-likeness (QED) is 0.0372. The molecule has 4 aromatic carbocycles. The van der Waals surface area contributed by atoms with Gasteiger partial charge in [-0.05, 0) is 120 Å². The van der Waals surface area contributed by atoms with Crippen LogP contribution in [0.5, 0.6) is 0 Å². The molecule has 0 fully saturated rings. The lowest BCUT2D eigenvalue weighted by atomic mass is 10.0. The molecule has 0 saturated carbocycles. The normalized spacial score (nSPS) is 12.3. The highest BCUT2D eigenvalue weighted by molar-refractivity contribution is 14.1. The smallest absolute Gasteiger partial charge is 0.277 e. The maximum Gasteiger partial charge on any atom is 0.277 e. The molecule has 19 heteroatoms. The fourth-order valence-electron chi connectivity index (χ4n) is 4.34. The van der Waals surface area contributed by atoms with E-state index in [4.69, 9.17) is 31.1 Å². The SMILES string of the molecule is COCC(O)CONC(=O)c1cc(F)c(F)cc1Nc1ccc(I)cc1Cl.Cc1cc(I)ccc1Nc1cc(F)c(F)cc1C(=O)NOC(C)(C)C(O)CO. The summed E-state index contributed by atoms with van der Waals surface area (Å²) in [4.78, 5) is 34.8. The first kappa shape index (κ1) is 46.0. The number of carbonyl (C=O) groups is 2. The zero-order valence-corrected chi connectivity index (χ0v) is 34.6. The second-order valence-corrected chi connectivity index (χ2v) is 15.0. The summed E-state index contributed by atoms with van der Waals surface area (Å²) in [6.45, 7) is 3.94. The van der Waals surface area contributed by atoms with Crippen LogP contribution in [0.1, 0.15) is 40.1 Å². The number of amides is 2. The molecule has 4 aromatic rings. The lowest BCUT2D eigenvalue weighted by Crippen LogP contribution is -2.46. The molecule has 0 aromatic heterocycles. The van der Waals surface area contributed by atoms with Crippen LogP contribution < -0.4 is 21.6 Å². The number of nitrogens with one attached hydrogen (secondary N) is 4. The summed E-state index contributed by atoms with van der Waals surface area (Å²) in [6.07, 6.45) is -2.21. The maximum atomic E-state index is 13.8. The number of carbonyl (C=O) groups excluding carboxylic acids is 2. The van der Waals surface area contributed by atoms with Crippen molar-refractivity contribution in [3.8, 4) is 0 Å². The summed E-state index contributed by atoms with van der Waals surface area (Å²) in [7, 11) is 1.40. The van der Waals surface area contributed by atoms with E-state index in [1.54, 1.807) is 24.3 Å². The van der Waals surface area contributed by atoms with Gasteiger partial charge in [0.25, 0.3) is 11.8 Å². The minimum Gasteiger partial charge on any atom is -0.394 e. The van der Waals surface area contributed by atoms with Gasteiger partial charge in [0.15, 0.2) is 23.3 Å². The van der Waals surface area contributed by atoms with Crippen LogP contribution in [0.2, 0.25) is 5.02 Å². The molecule has 2 atom stereocenters. The van der Waals surface area contributed by atoms with Gasteiger partial charge in [-0.2, -0.15) is 0 Å². The van der Waals surface area contributed by atoms with Crippen LogP contribution >= 0.6 is 56.8 Å². The first-order chi connectivity index (χ1) is 25.9. The van der Waals surface area contributed by atoms with Gasteiger partial charge in [0, 0.05) is 32.1 Å². The highest BCUT2D eigenvalue weighted by atomic mass is 127.